The number of nitrogens with one attached hydrogen (secondary N) is 1. The molecule has 1 aromatic rings. The molecule has 0 saturated carbocycles. The molecule has 1 saturated heterocycles. The molecule has 1 aromatic carbocycles. The molecule has 0 radical (unpaired) electrons. The van der Waals surface area contributed by atoms with Gasteiger partial charge >= 0.3 is 0 Å². The topological polar surface area (TPSA) is 69.6 Å². The fourth-order valence-corrected chi connectivity index (χ4v) is 1.98. The molecule has 1 aliphatic heterocycles. The Labute approximate surface area is 114 Å². The fourth-order valence-electron chi connectivity index (χ4n) is 1.98. The molecule has 0 spiro atoms. The van der Waals surface area contributed by atoms with E-state index in [1.54, 1.807) is 0 Å². The maximum Gasteiger partial charge on any atom is 0.251 e. The minimum Gasteiger partial charge on any atom is -0.391 e. The standard InChI is InChI=1S/C13H14F2N2O3/c14-10-2-1-8(5-11(10)15)13(20)16-6-12(19)17-4-3-9(18)7-17/h1-2,5,9,18H,3-4,6-7H2,(H,16,20)/t9-/m1/s1. The average Bonchev–Trinajstić information content (AvgIpc) is 2.85. The van der Waals surface area contributed by atoms with Crippen LogP contribution in [0.2, 0.25) is 0 Å². The van der Waals surface area contributed by atoms with Crippen LogP contribution < -0.4 is 5.32 Å². The molecule has 20 heavy (non-hydrogen) atoms. The Hall–Kier alpha value is -2.02. The lowest BCUT2D eigenvalue weighted by molar-refractivity contribution is -0.129. The number of carbonyl (C=O) groups is 2. The predicted octanol–water partition coefficient (Wildman–Crippen LogP) is 0.288. The molecule has 5 nitrogen and oxygen atoms in total. The highest BCUT2D eigenvalue weighted by Gasteiger charge is 2.24. The first-order valence-corrected chi connectivity index (χ1v) is 6.16. The Bertz CT molecular complexity index is 536. The van der Waals surface area contributed by atoms with E-state index in [9.17, 15) is 23.5 Å². The van der Waals surface area contributed by atoms with Crippen LogP contribution in [0.1, 0.15) is 16.8 Å². The Balaban J connectivity index is 1.88. The SMILES string of the molecule is O=C(NCC(=O)N1CC[C@@H](O)C1)c1ccc(F)c(F)c1. The molecule has 1 heterocycles. The van der Waals surface area contributed by atoms with E-state index in [0.717, 1.165) is 18.2 Å². The van der Waals surface area contributed by atoms with Crippen LogP contribution in [0.4, 0.5) is 8.78 Å². The molecular formula is C13H14F2N2O3. The molecule has 0 aliphatic carbocycles. The van der Waals surface area contributed by atoms with Gasteiger partial charge in [0, 0.05) is 18.7 Å². The Morgan fingerprint density at radius 1 is 1.35 bits per heavy atom. The summed E-state index contributed by atoms with van der Waals surface area (Å²) in [5.74, 6) is -3.13. The van der Waals surface area contributed by atoms with Gasteiger partial charge in [-0.05, 0) is 24.6 Å². The van der Waals surface area contributed by atoms with Crippen molar-refractivity contribution < 1.29 is 23.5 Å². The second-order valence-electron chi connectivity index (χ2n) is 4.59. The number of hydrogen-bond donors (Lipinski definition) is 2. The van der Waals surface area contributed by atoms with Crippen molar-refractivity contribution in [1.82, 2.24) is 10.2 Å². The Morgan fingerprint density at radius 3 is 2.70 bits per heavy atom. The molecular weight excluding hydrogens is 270 g/mol. The summed E-state index contributed by atoms with van der Waals surface area (Å²) in [7, 11) is 0. The van der Waals surface area contributed by atoms with Crippen LogP contribution >= 0.6 is 0 Å². The van der Waals surface area contributed by atoms with Crippen LogP contribution in [-0.2, 0) is 4.79 Å². The Kier molecular flexibility index (Phi) is 4.29. The van der Waals surface area contributed by atoms with Gasteiger partial charge < -0.3 is 15.3 Å². The second kappa shape index (κ2) is 5.96. The summed E-state index contributed by atoms with van der Waals surface area (Å²) in [6.07, 6.45) is -0.0103. The summed E-state index contributed by atoms with van der Waals surface area (Å²) in [6, 6.07) is 2.76. The summed E-state index contributed by atoms with van der Waals surface area (Å²) in [6.45, 7) is 0.450. The van der Waals surface area contributed by atoms with Crippen molar-refractivity contribution in [1.29, 1.82) is 0 Å². The molecule has 1 atom stereocenters. The summed E-state index contributed by atoms with van der Waals surface area (Å²) in [5, 5.41) is 11.6. The molecule has 1 aliphatic rings. The van der Waals surface area contributed by atoms with E-state index in [4.69, 9.17) is 0 Å². The molecule has 0 aromatic heterocycles. The van der Waals surface area contributed by atoms with E-state index in [1.165, 1.54) is 4.90 Å². The lowest BCUT2D eigenvalue weighted by Gasteiger charge is -2.15. The summed E-state index contributed by atoms with van der Waals surface area (Å²) in [4.78, 5) is 24.8. The third-order valence-corrected chi connectivity index (χ3v) is 3.10. The van der Waals surface area contributed by atoms with Crippen molar-refractivity contribution in [3.05, 3.63) is 35.4 Å². The quantitative estimate of drug-likeness (QED) is 0.838. The zero-order valence-electron chi connectivity index (χ0n) is 10.6. The van der Waals surface area contributed by atoms with Gasteiger partial charge in [-0.15, -0.1) is 0 Å². The van der Waals surface area contributed by atoms with Crippen LogP contribution in [0.5, 0.6) is 0 Å². The number of aliphatic hydroxyl groups is 1. The van der Waals surface area contributed by atoms with Crippen molar-refractivity contribution >= 4 is 11.8 Å². The number of hydrogen-bond acceptors (Lipinski definition) is 3. The molecule has 2 amide bonds. The van der Waals surface area contributed by atoms with Gasteiger partial charge in [0.2, 0.25) is 5.91 Å². The van der Waals surface area contributed by atoms with Crippen LogP contribution in [0.25, 0.3) is 0 Å². The molecule has 0 unspecified atom stereocenters. The first-order chi connectivity index (χ1) is 9.47. The van der Waals surface area contributed by atoms with E-state index in [-0.39, 0.29) is 24.6 Å². The van der Waals surface area contributed by atoms with E-state index < -0.39 is 23.6 Å². The van der Waals surface area contributed by atoms with Gasteiger partial charge in [0.25, 0.3) is 5.91 Å². The predicted molar refractivity (Wildman–Crippen MR) is 65.9 cm³/mol. The smallest absolute Gasteiger partial charge is 0.251 e. The largest absolute Gasteiger partial charge is 0.391 e. The number of aliphatic hydroxyl groups excluding tert-OH is 1. The van der Waals surface area contributed by atoms with Gasteiger partial charge in [-0.2, -0.15) is 0 Å². The first-order valence-electron chi connectivity index (χ1n) is 6.16. The molecule has 7 heteroatoms. The third kappa shape index (κ3) is 3.30. The van der Waals surface area contributed by atoms with Crippen LogP contribution in [0.3, 0.4) is 0 Å². The zero-order valence-corrected chi connectivity index (χ0v) is 10.6. The third-order valence-electron chi connectivity index (χ3n) is 3.10. The number of nitrogens with zero attached hydrogens (tertiary/aromatic N) is 1. The average molecular weight is 284 g/mol. The van der Waals surface area contributed by atoms with Gasteiger partial charge in [0.05, 0.1) is 12.6 Å². The van der Waals surface area contributed by atoms with Gasteiger partial charge in [-0.3, -0.25) is 9.59 Å². The molecule has 2 N–H and O–H groups in total. The molecule has 1 fully saturated rings. The second-order valence-corrected chi connectivity index (χ2v) is 4.59. The first kappa shape index (κ1) is 14.4. The number of amides is 2. The number of carbonyl (C=O) groups excluding carboxylic acids is 2. The van der Waals surface area contributed by atoms with E-state index >= 15 is 0 Å². The van der Waals surface area contributed by atoms with Crippen molar-refractivity contribution in [2.45, 2.75) is 12.5 Å². The summed E-state index contributed by atoms with van der Waals surface area (Å²) < 4.78 is 25.7. The Morgan fingerprint density at radius 2 is 2.10 bits per heavy atom. The summed E-state index contributed by atoms with van der Waals surface area (Å²) in [5.41, 5.74) is -0.0573. The highest BCUT2D eigenvalue weighted by Crippen LogP contribution is 2.10. The number of rotatable bonds is 3. The lowest BCUT2D eigenvalue weighted by Crippen LogP contribution is -2.39. The monoisotopic (exact) mass is 284 g/mol. The molecule has 2 rings (SSSR count). The van der Waals surface area contributed by atoms with Crippen molar-refractivity contribution in [2.75, 3.05) is 19.6 Å². The van der Waals surface area contributed by atoms with E-state index in [1.807, 2.05) is 0 Å². The minimum absolute atomic E-state index is 0.0573. The number of halogens is 2. The zero-order chi connectivity index (χ0) is 14.7. The maximum absolute atomic E-state index is 13.0. The van der Waals surface area contributed by atoms with Crippen LogP contribution in [0, 0.1) is 11.6 Å². The lowest BCUT2D eigenvalue weighted by atomic mass is 10.2. The van der Waals surface area contributed by atoms with Gasteiger partial charge in [-0.25, -0.2) is 8.78 Å². The van der Waals surface area contributed by atoms with E-state index in [2.05, 4.69) is 5.32 Å². The number of β-amino-alcohol motifs (C(OH)–C–C–N with tert-alkyl or cyclic N) is 1. The van der Waals surface area contributed by atoms with Crippen molar-refractivity contribution in [3.63, 3.8) is 0 Å². The fraction of sp³-hybridized carbons (Fsp3) is 0.385. The highest BCUT2D eigenvalue weighted by molar-refractivity contribution is 5.96. The highest BCUT2D eigenvalue weighted by atomic mass is 19.2. The summed E-state index contributed by atoms with van der Waals surface area (Å²) >= 11 is 0. The van der Waals surface area contributed by atoms with Gasteiger partial charge in [0.1, 0.15) is 0 Å². The number of likely N-dealkylation sites (tertiary alicyclic amines) is 1. The van der Waals surface area contributed by atoms with Crippen molar-refractivity contribution in [2.24, 2.45) is 0 Å². The molecule has 0 bridgehead atoms. The van der Waals surface area contributed by atoms with Gasteiger partial charge in [-0.1, -0.05) is 0 Å². The van der Waals surface area contributed by atoms with E-state index in [0.29, 0.717) is 13.0 Å². The maximum atomic E-state index is 13.0. The van der Waals surface area contributed by atoms with Crippen LogP contribution in [-0.4, -0.2) is 47.6 Å². The van der Waals surface area contributed by atoms with Crippen LogP contribution in [0.15, 0.2) is 18.2 Å². The van der Waals surface area contributed by atoms with Crippen molar-refractivity contribution in [3.8, 4) is 0 Å². The molecule has 108 valence electrons. The minimum atomic E-state index is -1.12. The number of benzene rings is 1. The van der Waals surface area contributed by atoms with Gasteiger partial charge in [0.15, 0.2) is 11.6 Å². The normalized spacial score (nSPS) is 18.1.